The van der Waals surface area contributed by atoms with Gasteiger partial charge in [-0.05, 0) is 123 Å². The summed E-state index contributed by atoms with van der Waals surface area (Å²) < 4.78 is 71.7. The van der Waals surface area contributed by atoms with Crippen molar-refractivity contribution in [1.82, 2.24) is 15.0 Å². The Morgan fingerprint density at radius 3 is 1.70 bits per heavy atom. The number of benzene rings is 6. The summed E-state index contributed by atoms with van der Waals surface area (Å²) in [5.41, 5.74) is 7.83. The van der Waals surface area contributed by atoms with Crippen LogP contribution in [0.3, 0.4) is 0 Å². The highest BCUT2D eigenvalue weighted by molar-refractivity contribution is 6.20. The van der Waals surface area contributed by atoms with E-state index in [0.717, 1.165) is 66.3 Å². The van der Waals surface area contributed by atoms with Gasteiger partial charge < -0.3 is 4.42 Å². The van der Waals surface area contributed by atoms with Crippen LogP contribution in [0.4, 0.5) is 0 Å². The highest BCUT2D eigenvalue weighted by Crippen LogP contribution is 2.39. The van der Waals surface area contributed by atoms with Gasteiger partial charge in [-0.2, -0.15) is 0 Å². The molecule has 4 aromatic heterocycles. The van der Waals surface area contributed by atoms with Crippen LogP contribution < -0.4 is 0 Å². The molecule has 4 heterocycles. The summed E-state index contributed by atoms with van der Waals surface area (Å²) in [6, 6.07) is 52.7. The maximum Gasteiger partial charge on any atom is 0.144 e. The Morgan fingerprint density at radius 2 is 1.09 bits per heavy atom. The number of hydrogen-bond donors (Lipinski definition) is 0. The standard InChI is InChI=1S/C60H53N3O/c1-40-31-55(51-21-14-22-52-57-50-20-13-12-15-44(50)25-30-56(57)64-58(51)52)61-37-47(40)24-23-41-32-42(35-59(2,3)48-26-28-53(62-38-48)45-16-8-6-9-17-45)34-43(33-41)36-60(4,5)49-27-29-54(63-39-49)46-18-10-7-11-19-46/h6-22,25-34,37-39H,23-24,35-36H2,1-5H3/i1D3,23D2,24D2. The molecule has 0 saturated heterocycles. The van der Waals surface area contributed by atoms with Gasteiger partial charge in [0.25, 0.3) is 0 Å². The van der Waals surface area contributed by atoms with Gasteiger partial charge >= 0.3 is 0 Å². The second kappa shape index (κ2) is 16.8. The van der Waals surface area contributed by atoms with E-state index in [1.165, 1.54) is 12.3 Å². The molecule has 314 valence electrons. The molecule has 64 heavy (non-hydrogen) atoms. The van der Waals surface area contributed by atoms with Gasteiger partial charge in [0.1, 0.15) is 11.2 Å². The Bertz CT molecular complexity index is 3450. The van der Waals surface area contributed by atoms with E-state index in [4.69, 9.17) is 23.5 Å². The van der Waals surface area contributed by atoms with Crippen LogP contribution in [0.1, 0.15) is 76.2 Å². The van der Waals surface area contributed by atoms with Crippen molar-refractivity contribution in [2.45, 2.75) is 71.0 Å². The molecule has 10 aromatic rings. The summed E-state index contributed by atoms with van der Waals surface area (Å²) in [5, 5.41) is 3.84. The zero-order valence-corrected chi connectivity index (χ0v) is 36.5. The van der Waals surface area contributed by atoms with Crippen LogP contribution in [0.2, 0.25) is 0 Å². The number of aryl methyl sites for hydroxylation is 3. The molecule has 0 amide bonds. The minimum atomic E-state index is -2.87. The van der Waals surface area contributed by atoms with Gasteiger partial charge in [0.2, 0.25) is 0 Å². The molecule has 0 aliphatic heterocycles. The summed E-state index contributed by atoms with van der Waals surface area (Å²) in [5.74, 6) is 0. The Morgan fingerprint density at radius 1 is 0.516 bits per heavy atom. The number of furan rings is 1. The average Bonchev–Trinajstić information content (AvgIpc) is 3.76. The molecule has 0 atom stereocenters. The summed E-state index contributed by atoms with van der Waals surface area (Å²) in [4.78, 5) is 14.3. The van der Waals surface area contributed by atoms with Crippen molar-refractivity contribution in [3.05, 3.63) is 221 Å². The number of aromatic nitrogens is 3. The maximum atomic E-state index is 9.80. The first kappa shape index (κ1) is 33.4. The third-order valence-electron chi connectivity index (χ3n) is 12.5. The second-order valence-electron chi connectivity index (χ2n) is 18.1. The molecule has 0 unspecified atom stereocenters. The van der Waals surface area contributed by atoms with Gasteiger partial charge in [-0.1, -0.05) is 161 Å². The lowest BCUT2D eigenvalue weighted by Crippen LogP contribution is -2.23. The lowest BCUT2D eigenvalue weighted by Gasteiger charge is -2.28. The van der Waals surface area contributed by atoms with E-state index in [2.05, 4.69) is 45.9 Å². The van der Waals surface area contributed by atoms with Crippen molar-refractivity contribution < 1.29 is 14.0 Å². The van der Waals surface area contributed by atoms with Crippen molar-refractivity contribution in [3.63, 3.8) is 0 Å². The van der Waals surface area contributed by atoms with Crippen molar-refractivity contribution in [3.8, 4) is 33.8 Å². The fourth-order valence-corrected chi connectivity index (χ4v) is 9.02. The van der Waals surface area contributed by atoms with Gasteiger partial charge in [-0.15, -0.1) is 0 Å². The van der Waals surface area contributed by atoms with E-state index in [1.54, 1.807) is 12.1 Å². The SMILES string of the molecule is [2H]C([2H])([2H])c1cc(-c2cccc3c2oc2ccc4ccccc4c23)ncc1C([2H])([2H])C([2H])([2H])c1cc(CC(C)(C)c2ccc(-c3ccccc3)nc2)cc(CC(C)(C)c2ccc(-c3ccccc3)nc2)c1. The van der Waals surface area contributed by atoms with Crippen LogP contribution in [0, 0.1) is 6.85 Å². The number of fused-ring (bicyclic) bond motifs is 5. The quantitative estimate of drug-likeness (QED) is 0.123. The largest absolute Gasteiger partial charge is 0.455 e. The first-order valence-corrected chi connectivity index (χ1v) is 21.8. The highest BCUT2D eigenvalue weighted by atomic mass is 16.3. The second-order valence-corrected chi connectivity index (χ2v) is 18.1. The molecular weight excluding hydrogens is 779 g/mol. The Labute approximate surface area is 386 Å². The van der Waals surface area contributed by atoms with Crippen molar-refractivity contribution in [2.24, 2.45) is 0 Å². The normalized spacial score (nSPS) is 14.3. The van der Waals surface area contributed by atoms with Crippen LogP contribution in [0.5, 0.6) is 0 Å². The Hall–Kier alpha value is -7.17. The lowest BCUT2D eigenvalue weighted by molar-refractivity contribution is 0.512. The molecule has 4 nitrogen and oxygen atoms in total. The van der Waals surface area contributed by atoms with E-state index in [9.17, 15) is 5.48 Å². The minimum absolute atomic E-state index is 0.0940. The smallest absolute Gasteiger partial charge is 0.144 e. The van der Waals surface area contributed by atoms with E-state index < -0.39 is 30.4 Å². The summed E-state index contributed by atoms with van der Waals surface area (Å²) in [7, 11) is 0. The van der Waals surface area contributed by atoms with Crippen LogP contribution in [0.15, 0.2) is 187 Å². The first-order valence-electron chi connectivity index (χ1n) is 25.3. The fraction of sp³-hybridized carbons (Fsp3) is 0.183. The van der Waals surface area contributed by atoms with Gasteiger partial charge in [-0.3, -0.25) is 15.0 Å². The zero-order valence-electron chi connectivity index (χ0n) is 43.5. The molecule has 0 fully saturated rings. The molecule has 10 rings (SSSR count). The Balaban J connectivity index is 1.04. The fourth-order valence-electron chi connectivity index (χ4n) is 9.02. The first-order chi connectivity index (χ1) is 33.8. The molecule has 0 saturated carbocycles. The number of rotatable bonds is 12. The number of hydrogen-bond acceptors (Lipinski definition) is 4. The van der Waals surface area contributed by atoms with Crippen molar-refractivity contribution in [2.75, 3.05) is 0 Å². The molecule has 0 spiro atoms. The van der Waals surface area contributed by atoms with Crippen LogP contribution >= 0.6 is 0 Å². The molecule has 0 bridgehead atoms. The molecule has 0 aliphatic carbocycles. The third kappa shape index (κ3) is 8.24. The molecule has 4 heteroatoms. The number of para-hydroxylation sites is 1. The van der Waals surface area contributed by atoms with E-state index in [1.807, 2.05) is 140 Å². The zero-order chi connectivity index (χ0) is 49.9. The third-order valence-corrected chi connectivity index (χ3v) is 12.5. The van der Waals surface area contributed by atoms with Crippen LogP contribution in [-0.4, -0.2) is 15.0 Å². The molecule has 6 aromatic carbocycles. The molecule has 0 N–H and O–H groups in total. The molecule has 0 radical (unpaired) electrons. The van der Waals surface area contributed by atoms with E-state index in [-0.39, 0.29) is 22.4 Å². The predicted molar refractivity (Wildman–Crippen MR) is 266 cm³/mol. The topological polar surface area (TPSA) is 51.8 Å². The van der Waals surface area contributed by atoms with Gasteiger partial charge in [0.05, 0.1) is 17.1 Å². The van der Waals surface area contributed by atoms with Gasteiger partial charge in [-0.25, -0.2) is 0 Å². The molecule has 0 aliphatic rings. The summed E-state index contributed by atoms with van der Waals surface area (Å²) in [6.45, 7) is 5.67. The van der Waals surface area contributed by atoms with Crippen LogP contribution in [0.25, 0.3) is 66.5 Å². The number of nitrogens with zero attached hydrogens (tertiary/aromatic N) is 3. The number of pyridine rings is 3. The maximum absolute atomic E-state index is 9.80. The molecular formula is C60H53N3O. The highest BCUT2D eigenvalue weighted by Gasteiger charge is 2.26. The summed E-state index contributed by atoms with van der Waals surface area (Å²) >= 11 is 0. The minimum Gasteiger partial charge on any atom is -0.455 e. The average molecular weight is 839 g/mol. The van der Waals surface area contributed by atoms with Crippen LogP contribution in [-0.2, 0) is 36.4 Å². The van der Waals surface area contributed by atoms with E-state index in [0.29, 0.717) is 29.6 Å². The lowest BCUT2D eigenvalue weighted by atomic mass is 9.77. The summed E-state index contributed by atoms with van der Waals surface area (Å²) in [6.07, 6.45) is 0.323. The predicted octanol–water partition coefficient (Wildman–Crippen LogP) is 15.1. The van der Waals surface area contributed by atoms with Gasteiger partial charge in [0.15, 0.2) is 0 Å². The van der Waals surface area contributed by atoms with Gasteiger partial charge in [0, 0.05) is 55.6 Å². The van der Waals surface area contributed by atoms with E-state index >= 15 is 0 Å². The monoisotopic (exact) mass is 838 g/mol. The Kier molecular flexibility index (Phi) is 8.79. The van der Waals surface area contributed by atoms with Crippen molar-refractivity contribution >= 4 is 32.7 Å². The van der Waals surface area contributed by atoms with Crippen molar-refractivity contribution in [1.29, 1.82) is 0 Å².